The summed E-state index contributed by atoms with van der Waals surface area (Å²) in [6.07, 6.45) is 9.68. The van der Waals surface area contributed by atoms with Crippen LogP contribution < -0.4 is 0 Å². The molecule has 3 aliphatic rings. The van der Waals surface area contributed by atoms with Crippen LogP contribution in [0.2, 0.25) is 0 Å². The summed E-state index contributed by atoms with van der Waals surface area (Å²) in [5.41, 5.74) is 2.77. The van der Waals surface area contributed by atoms with Crippen LogP contribution in [0.4, 0.5) is 0 Å². The summed E-state index contributed by atoms with van der Waals surface area (Å²) < 4.78 is 0. The van der Waals surface area contributed by atoms with Crippen molar-refractivity contribution in [2.45, 2.75) is 76.7 Å². The molecule has 4 nitrogen and oxygen atoms in total. The molecule has 1 atom stereocenters. The molecule has 2 saturated heterocycles. The van der Waals surface area contributed by atoms with E-state index in [0.29, 0.717) is 12.0 Å². The first kappa shape index (κ1) is 19.5. The molecule has 0 bridgehead atoms. The van der Waals surface area contributed by atoms with Crippen LogP contribution in [-0.4, -0.2) is 47.3 Å². The lowest BCUT2D eigenvalue weighted by molar-refractivity contribution is -0.152. The van der Waals surface area contributed by atoms with Gasteiger partial charge in [0.25, 0.3) is 0 Å². The largest absolute Gasteiger partial charge is 0.342 e. The van der Waals surface area contributed by atoms with E-state index in [-0.39, 0.29) is 11.8 Å². The van der Waals surface area contributed by atoms with Gasteiger partial charge in [-0.15, -0.1) is 0 Å². The molecule has 0 N–H and O–H groups in total. The lowest BCUT2D eigenvalue weighted by atomic mass is 9.85. The zero-order chi connectivity index (χ0) is 19.5. The summed E-state index contributed by atoms with van der Waals surface area (Å²) in [4.78, 5) is 30.3. The maximum absolute atomic E-state index is 13.2. The maximum Gasteiger partial charge on any atom is 0.235 e. The quantitative estimate of drug-likeness (QED) is 0.733. The van der Waals surface area contributed by atoms with Gasteiger partial charge >= 0.3 is 0 Å². The molecule has 28 heavy (non-hydrogen) atoms. The molecule has 4 heteroatoms. The highest BCUT2D eigenvalue weighted by Gasteiger charge is 2.40. The number of benzene rings is 1. The minimum Gasteiger partial charge on any atom is -0.342 e. The first-order chi connectivity index (χ1) is 13.6. The van der Waals surface area contributed by atoms with Crippen molar-refractivity contribution in [1.29, 1.82) is 0 Å². The second kappa shape index (κ2) is 8.67. The second-order valence-corrected chi connectivity index (χ2v) is 8.97. The van der Waals surface area contributed by atoms with E-state index in [4.69, 9.17) is 0 Å². The Hall–Kier alpha value is -1.84. The van der Waals surface area contributed by atoms with Crippen molar-refractivity contribution < 1.29 is 9.59 Å². The van der Waals surface area contributed by atoms with Crippen molar-refractivity contribution in [3.63, 3.8) is 0 Å². The van der Waals surface area contributed by atoms with E-state index >= 15 is 0 Å². The molecule has 0 aromatic heterocycles. The molecule has 1 aliphatic carbocycles. The Morgan fingerprint density at radius 1 is 0.893 bits per heavy atom. The van der Waals surface area contributed by atoms with Gasteiger partial charge < -0.3 is 9.80 Å². The summed E-state index contributed by atoms with van der Waals surface area (Å²) in [7, 11) is 0. The highest BCUT2D eigenvalue weighted by atomic mass is 16.2. The van der Waals surface area contributed by atoms with Crippen LogP contribution in [0.15, 0.2) is 24.3 Å². The van der Waals surface area contributed by atoms with Crippen molar-refractivity contribution in [1.82, 2.24) is 9.80 Å². The minimum absolute atomic E-state index is 0.0914. The molecule has 2 amide bonds. The first-order valence-electron chi connectivity index (χ1n) is 11.3. The molecule has 0 radical (unpaired) electrons. The van der Waals surface area contributed by atoms with Gasteiger partial charge in [0.1, 0.15) is 5.92 Å². The monoisotopic (exact) mass is 382 g/mol. The number of carbonyl (C=O) groups excluding carboxylic acids is 2. The summed E-state index contributed by atoms with van der Waals surface area (Å²) in [5.74, 6) is 0.314. The third-order valence-corrected chi connectivity index (χ3v) is 7.22. The molecule has 2 aliphatic heterocycles. The number of nitrogens with zero attached hydrogens (tertiary/aromatic N) is 2. The maximum atomic E-state index is 13.2. The second-order valence-electron chi connectivity index (χ2n) is 8.97. The zero-order valence-corrected chi connectivity index (χ0v) is 17.2. The highest BCUT2D eigenvalue weighted by Crippen LogP contribution is 2.33. The molecular formula is C24H34N2O2. The van der Waals surface area contributed by atoms with Crippen molar-refractivity contribution >= 4 is 11.8 Å². The molecule has 152 valence electrons. The lowest BCUT2D eigenvalue weighted by Gasteiger charge is -2.41. The molecular weight excluding hydrogens is 348 g/mol. The van der Waals surface area contributed by atoms with Crippen LogP contribution in [0.5, 0.6) is 0 Å². The molecule has 3 fully saturated rings. The number of rotatable bonds is 3. The predicted octanol–water partition coefficient (Wildman–Crippen LogP) is 4.27. The van der Waals surface area contributed by atoms with Gasteiger partial charge in [0.2, 0.25) is 11.8 Å². The van der Waals surface area contributed by atoms with Gasteiger partial charge in [-0.3, -0.25) is 9.59 Å². The number of amides is 2. The zero-order valence-electron chi connectivity index (χ0n) is 17.2. The number of piperidine rings is 2. The van der Waals surface area contributed by atoms with E-state index in [1.54, 1.807) is 0 Å². The standard InChI is InChI=1S/C24H34N2O2/c1-18-8-5-6-11-21(18)19-13-16-25(17-14-19)23(27)22-12-7-15-26(24(22)28)20-9-3-2-4-10-20/h5-6,8,11,19-20,22H,2-4,7,9-10,12-17H2,1H3. The first-order valence-corrected chi connectivity index (χ1v) is 11.3. The van der Waals surface area contributed by atoms with Crippen LogP contribution in [0, 0.1) is 12.8 Å². The van der Waals surface area contributed by atoms with E-state index in [2.05, 4.69) is 36.1 Å². The van der Waals surface area contributed by atoms with Gasteiger partial charge in [0, 0.05) is 25.7 Å². The van der Waals surface area contributed by atoms with Crippen LogP contribution in [0.25, 0.3) is 0 Å². The van der Waals surface area contributed by atoms with Crippen LogP contribution in [0.1, 0.15) is 74.8 Å². The van der Waals surface area contributed by atoms with Crippen molar-refractivity contribution in [3.8, 4) is 0 Å². The Kier molecular flexibility index (Phi) is 6.03. The van der Waals surface area contributed by atoms with Crippen LogP contribution >= 0.6 is 0 Å². The normalized spacial score (nSPS) is 25.2. The summed E-state index contributed by atoms with van der Waals surface area (Å²) in [6, 6.07) is 8.98. The Morgan fingerprint density at radius 3 is 2.32 bits per heavy atom. The topological polar surface area (TPSA) is 40.6 Å². The molecule has 0 spiro atoms. The Bertz CT molecular complexity index is 702. The fourth-order valence-electron chi connectivity index (χ4n) is 5.56. The molecule has 1 aromatic rings. The Labute approximate surface area is 169 Å². The average Bonchev–Trinajstić information content (AvgIpc) is 2.75. The van der Waals surface area contributed by atoms with E-state index in [1.165, 1.54) is 30.4 Å². The van der Waals surface area contributed by atoms with E-state index in [9.17, 15) is 9.59 Å². The third kappa shape index (κ3) is 3.97. The summed E-state index contributed by atoms with van der Waals surface area (Å²) in [5, 5.41) is 0. The molecule has 1 aromatic carbocycles. The fourth-order valence-corrected chi connectivity index (χ4v) is 5.56. The SMILES string of the molecule is Cc1ccccc1C1CCN(C(=O)C2CCCN(C3CCCCC3)C2=O)CC1. The van der Waals surface area contributed by atoms with Gasteiger partial charge in [-0.1, -0.05) is 43.5 Å². The van der Waals surface area contributed by atoms with Gasteiger partial charge in [-0.05, 0) is 62.5 Å². The lowest BCUT2D eigenvalue weighted by Crippen LogP contribution is -2.53. The molecule has 2 heterocycles. The van der Waals surface area contributed by atoms with Crippen molar-refractivity contribution in [3.05, 3.63) is 35.4 Å². The van der Waals surface area contributed by atoms with Crippen molar-refractivity contribution in [2.24, 2.45) is 5.92 Å². The number of carbonyl (C=O) groups is 2. The molecule has 1 unspecified atom stereocenters. The van der Waals surface area contributed by atoms with E-state index in [0.717, 1.165) is 58.2 Å². The molecule has 4 rings (SSSR count). The van der Waals surface area contributed by atoms with Gasteiger partial charge in [-0.2, -0.15) is 0 Å². The number of likely N-dealkylation sites (tertiary alicyclic amines) is 2. The van der Waals surface area contributed by atoms with Crippen LogP contribution in [0.3, 0.4) is 0 Å². The fraction of sp³-hybridized carbons (Fsp3) is 0.667. The number of aryl methyl sites for hydroxylation is 1. The van der Waals surface area contributed by atoms with Gasteiger partial charge in [0.05, 0.1) is 0 Å². The van der Waals surface area contributed by atoms with E-state index in [1.807, 2.05) is 4.90 Å². The Morgan fingerprint density at radius 2 is 1.61 bits per heavy atom. The number of hydrogen-bond donors (Lipinski definition) is 0. The van der Waals surface area contributed by atoms with Crippen molar-refractivity contribution in [2.75, 3.05) is 19.6 Å². The Balaban J connectivity index is 1.37. The van der Waals surface area contributed by atoms with E-state index < -0.39 is 5.92 Å². The minimum atomic E-state index is -0.425. The highest BCUT2D eigenvalue weighted by molar-refractivity contribution is 6.00. The molecule has 1 saturated carbocycles. The number of hydrogen-bond acceptors (Lipinski definition) is 2. The van der Waals surface area contributed by atoms with Crippen LogP contribution in [-0.2, 0) is 9.59 Å². The third-order valence-electron chi connectivity index (χ3n) is 7.22. The average molecular weight is 383 g/mol. The smallest absolute Gasteiger partial charge is 0.235 e. The summed E-state index contributed by atoms with van der Waals surface area (Å²) >= 11 is 0. The van der Waals surface area contributed by atoms with Gasteiger partial charge in [-0.25, -0.2) is 0 Å². The van der Waals surface area contributed by atoms with Gasteiger partial charge in [0.15, 0.2) is 0 Å². The summed E-state index contributed by atoms with van der Waals surface area (Å²) in [6.45, 7) is 4.59. The predicted molar refractivity (Wildman–Crippen MR) is 111 cm³/mol.